The lowest BCUT2D eigenvalue weighted by atomic mass is 10.1. The highest BCUT2D eigenvalue weighted by Gasteiger charge is 2.03. The normalized spacial score (nSPS) is 10.6. The quantitative estimate of drug-likeness (QED) is 0.677. The molecule has 0 saturated heterocycles. The van der Waals surface area contributed by atoms with E-state index in [0.29, 0.717) is 13.1 Å². The summed E-state index contributed by atoms with van der Waals surface area (Å²) in [6.45, 7) is 3.08. The standard InChI is InChI=1S/C18H19N3O/c1-13-9-16-10-15(7-8-17(16)21-13)12-20-18(22)19-11-14-5-3-2-4-6-14/h2-10,21H,11-12H2,1H3,(H2,19,20,22). The van der Waals surface area contributed by atoms with Crippen molar-refractivity contribution in [3.63, 3.8) is 0 Å². The van der Waals surface area contributed by atoms with Gasteiger partial charge in [0.15, 0.2) is 0 Å². The van der Waals surface area contributed by atoms with Crippen molar-refractivity contribution in [1.82, 2.24) is 15.6 Å². The van der Waals surface area contributed by atoms with Gasteiger partial charge in [0.2, 0.25) is 0 Å². The van der Waals surface area contributed by atoms with Crippen LogP contribution < -0.4 is 10.6 Å². The van der Waals surface area contributed by atoms with Crippen LogP contribution in [0.15, 0.2) is 54.6 Å². The molecule has 2 amide bonds. The Labute approximate surface area is 129 Å². The summed E-state index contributed by atoms with van der Waals surface area (Å²) >= 11 is 0. The Balaban J connectivity index is 1.53. The molecule has 0 radical (unpaired) electrons. The molecule has 0 aliphatic rings. The van der Waals surface area contributed by atoms with Gasteiger partial charge in [0.1, 0.15) is 0 Å². The smallest absolute Gasteiger partial charge is 0.315 e. The lowest BCUT2D eigenvalue weighted by Gasteiger charge is -2.08. The summed E-state index contributed by atoms with van der Waals surface area (Å²) in [6, 6.07) is 18.0. The Kier molecular flexibility index (Phi) is 4.10. The number of amides is 2. The van der Waals surface area contributed by atoms with E-state index in [1.54, 1.807) is 0 Å². The van der Waals surface area contributed by atoms with Gasteiger partial charge >= 0.3 is 6.03 Å². The third-order valence-corrected chi connectivity index (χ3v) is 3.57. The average molecular weight is 293 g/mol. The zero-order valence-electron chi connectivity index (χ0n) is 12.5. The van der Waals surface area contributed by atoms with Crippen LogP contribution in [0, 0.1) is 6.92 Å². The number of aryl methyl sites for hydroxylation is 1. The van der Waals surface area contributed by atoms with Gasteiger partial charge in [0.25, 0.3) is 0 Å². The second-order valence-electron chi connectivity index (χ2n) is 5.40. The van der Waals surface area contributed by atoms with Gasteiger partial charge in [-0.15, -0.1) is 0 Å². The van der Waals surface area contributed by atoms with E-state index in [1.807, 2.05) is 49.4 Å². The Morgan fingerprint density at radius 2 is 1.68 bits per heavy atom. The molecule has 112 valence electrons. The van der Waals surface area contributed by atoms with E-state index in [4.69, 9.17) is 0 Å². The van der Waals surface area contributed by atoms with Gasteiger partial charge in [0, 0.05) is 24.3 Å². The summed E-state index contributed by atoms with van der Waals surface area (Å²) < 4.78 is 0. The van der Waals surface area contributed by atoms with Crippen molar-refractivity contribution in [3.05, 3.63) is 71.4 Å². The first-order valence-corrected chi connectivity index (χ1v) is 7.34. The number of hydrogen-bond donors (Lipinski definition) is 3. The Morgan fingerprint density at radius 1 is 0.955 bits per heavy atom. The number of carbonyl (C=O) groups is 1. The number of fused-ring (bicyclic) bond motifs is 1. The molecule has 0 spiro atoms. The minimum absolute atomic E-state index is 0.158. The van der Waals surface area contributed by atoms with Crippen LogP contribution in [0.5, 0.6) is 0 Å². The first-order chi connectivity index (χ1) is 10.7. The maximum absolute atomic E-state index is 11.8. The topological polar surface area (TPSA) is 56.9 Å². The number of aromatic nitrogens is 1. The van der Waals surface area contributed by atoms with Crippen LogP contribution in [-0.2, 0) is 13.1 Å². The molecule has 0 saturated carbocycles. The highest BCUT2D eigenvalue weighted by molar-refractivity contribution is 5.81. The second-order valence-corrected chi connectivity index (χ2v) is 5.40. The number of hydrogen-bond acceptors (Lipinski definition) is 1. The average Bonchev–Trinajstić information content (AvgIpc) is 2.91. The van der Waals surface area contributed by atoms with E-state index in [2.05, 4.69) is 27.8 Å². The molecule has 0 atom stereocenters. The zero-order chi connectivity index (χ0) is 15.4. The lowest BCUT2D eigenvalue weighted by Crippen LogP contribution is -2.34. The molecule has 0 fully saturated rings. The maximum atomic E-state index is 11.8. The van der Waals surface area contributed by atoms with Gasteiger partial charge in [-0.3, -0.25) is 0 Å². The molecule has 0 unspecified atom stereocenters. The highest BCUT2D eigenvalue weighted by atomic mass is 16.2. The van der Waals surface area contributed by atoms with Crippen LogP contribution in [-0.4, -0.2) is 11.0 Å². The molecule has 3 N–H and O–H groups in total. The summed E-state index contributed by atoms with van der Waals surface area (Å²) in [7, 11) is 0. The fourth-order valence-electron chi connectivity index (χ4n) is 2.46. The first-order valence-electron chi connectivity index (χ1n) is 7.34. The molecule has 3 rings (SSSR count). The fourth-order valence-corrected chi connectivity index (χ4v) is 2.46. The van der Waals surface area contributed by atoms with Gasteiger partial charge < -0.3 is 15.6 Å². The van der Waals surface area contributed by atoms with Crippen molar-refractivity contribution in [3.8, 4) is 0 Å². The molecule has 3 aromatic rings. The summed E-state index contributed by atoms with van der Waals surface area (Å²) in [5.41, 5.74) is 4.43. The van der Waals surface area contributed by atoms with E-state index < -0.39 is 0 Å². The molecule has 2 aromatic carbocycles. The molecule has 0 aliphatic heterocycles. The molecule has 4 heteroatoms. The van der Waals surface area contributed by atoms with Crippen molar-refractivity contribution in [2.45, 2.75) is 20.0 Å². The van der Waals surface area contributed by atoms with Crippen molar-refractivity contribution in [2.24, 2.45) is 0 Å². The number of urea groups is 1. The van der Waals surface area contributed by atoms with Gasteiger partial charge in [0.05, 0.1) is 0 Å². The predicted octanol–water partition coefficient (Wildman–Crippen LogP) is 3.48. The molecule has 0 aliphatic carbocycles. The largest absolute Gasteiger partial charge is 0.359 e. The van der Waals surface area contributed by atoms with E-state index in [9.17, 15) is 4.79 Å². The number of rotatable bonds is 4. The van der Waals surface area contributed by atoms with Crippen LogP contribution in [0.3, 0.4) is 0 Å². The van der Waals surface area contributed by atoms with Crippen LogP contribution in [0.2, 0.25) is 0 Å². The highest BCUT2D eigenvalue weighted by Crippen LogP contribution is 2.16. The summed E-state index contributed by atoms with van der Waals surface area (Å²) in [4.78, 5) is 15.1. The molecule has 1 aromatic heterocycles. The van der Waals surface area contributed by atoms with Gasteiger partial charge in [-0.05, 0) is 41.6 Å². The molecule has 1 heterocycles. The van der Waals surface area contributed by atoms with Crippen molar-refractivity contribution in [2.75, 3.05) is 0 Å². The Hall–Kier alpha value is -2.75. The van der Waals surface area contributed by atoms with E-state index in [0.717, 1.165) is 22.3 Å². The van der Waals surface area contributed by atoms with Crippen molar-refractivity contribution >= 4 is 16.9 Å². The first kappa shape index (κ1) is 14.2. The van der Waals surface area contributed by atoms with Crippen molar-refractivity contribution in [1.29, 1.82) is 0 Å². The van der Waals surface area contributed by atoms with Gasteiger partial charge in [-0.1, -0.05) is 36.4 Å². The number of aromatic amines is 1. The zero-order valence-corrected chi connectivity index (χ0v) is 12.5. The van der Waals surface area contributed by atoms with Gasteiger partial charge in [-0.25, -0.2) is 4.79 Å². The number of benzene rings is 2. The van der Waals surface area contributed by atoms with E-state index >= 15 is 0 Å². The Bertz CT molecular complexity index is 777. The second kappa shape index (κ2) is 6.35. The molecule has 0 bridgehead atoms. The summed E-state index contributed by atoms with van der Waals surface area (Å²) in [5.74, 6) is 0. The molecular formula is C18H19N3O. The number of H-pyrrole nitrogens is 1. The SMILES string of the molecule is Cc1cc2cc(CNC(=O)NCc3ccccc3)ccc2[nH]1. The minimum Gasteiger partial charge on any atom is -0.359 e. The minimum atomic E-state index is -0.158. The predicted molar refractivity (Wildman–Crippen MR) is 88.6 cm³/mol. The monoisotopic (exact) mass is 293 g/mol. The van der Waals surface area contributed by atoms with E-state index in [1.165, 1.54) is 5.39 Å². The van der Waals surface area contributed by atoms with Crippen molar-refractivity contribution < 1.29 is 4.79 Å². The molecule has 4 nitrogen and oxygen atoms in total. The number of nitrogens with one attached hydrogen (secondary N) is 3. The van der Waals surface area contributed by atoms with E-state index in [-0.39, 0.29) is 6.03 Å². The summed E-state index contributed by atoms with van der Waals surface area (Å²) in [6.07, 6.45) is 0. The third-order valence-electron chi connectivity index (χ3n) is 3.57. The van der Waals surface area contributed by atoms with Crippen LogP contribution >= 0.6 is 0 Å². The Morgan fingerprint density at radius 3 is 2.45 bits per heavy atom. The summed E-state index contributed by atoms with van der Waals surface area (Å²) in [5, 5.41) is 6.90. The van der Waals surface area contributed by atoms with Crippen LogP contribution in [0.25, 0.3) is 10.9 Å². The molecule has 22 heavy (non-hydrogen) atoms. The maximum Gasteiger partial charge on any atom is 0.315 e. The number of carbonyl (C=O) groups excluding carboxylic acids is 1. The fraction of sp³-hybridized carbons (Fsp3) is 0.167. The third kappa shape index (κ3) is 3.47. The van der Waals surface area contributed by atoms with Crippen LogP contribution in [0.4, 0.5) is 4.79 Å². The van der Waals surface area contributed by atoms with Gasteiger partial charge in [-0.2, -0.15) is 0 Å². The molecular weight excluding hydrogens is 274 g/mol. The lowest BCUT2D eigenvalue weighted by molar-refractivity contribution is 0.240. The van der Waals surface area contributed by atoms with Crippen LogP contribution in [0.1, 0.15) is 16.8 Å².